The van der Waals surface area contributed by atoms with Crippen LogP contribution in [0.25, 0.3) is 0 Å². The lowest BCUT2D eigenvalue weighted by Crippen LogP contribution is -2.39. The van der Waals surface area contributed by atoms with Crippen LogP contribution in [0, 0.1) is 22.7 Å². The molecule has 0 fully saturated rings. The molecule has 0 heterocycles. The van der Waals surface area contributed by atoms with E-state index in [9.17, 15) is 4.79 Å². The molecular weight excluding hydrogens is 216 g/mol. The minimum Gasteiger partial charge on any atom is -0.396 e. The molecule has 0 aliphatic rings. The third kappa shape index (κ3) is 4.74. The smallest absolute Gasteiger partial charge is 0.240 e. The van der Waals surface area contributed by atoms with Gasteiger partial charge in [0.2, 0.25) is 5.91 Å². The predicted octanol–water partition coefficient (Wildman–Crippen LogP) is 1.84. The molecule has 0 bridgehead atoms. The molecule has 0 saturated heterocycles. The SMILES string of the molecule is CCC(C#N)(CC)C(=O)NCCCC(C)CO. The quantitative estimate of drug-likeness (QED) is 0.636. The summed E-state index contributed by atoms with van der Waals surface area (Å²) < 4.78 is 0. The summed E-state index contributed by atoms with van der Waals surface area (Å²) in [6.07, 6.45) is 2.80. The number of aliphatic hydroxyl groups is 1. The summed E-state index contributed by atoms with van der Waals surface area (Å²) >= 11 is 0. The number of nitrogens with one attached hydrogen (secondary N) is 1. The molecular formula is C13H24N2O2. The van der Waals surface area contributed by atoms with Gasteiger partial charge in [-0.3, -0.25) is 4.79 Å². The van der Waals surface area contributed by atoms with E-state index in [1.165, 1.54) is 0 Å². The Balaban J connectivity index is 4.05. The fourth-order valence-corrected chi connectivity index (χ4v) is 1.69. The van der Waals surface area contributed by atoms with Crippen molar-refractivity contribution >= 4 is 5.91 Å². The Bertz CT molecular complexity index is 267. The zero-order valence-corrected chi connectivity index (χ0v) is 11.1. The van der Waals surface area contributed by atoms with E-state index in [4.69, 9.17) is 10.4 Å². The van der Waals surface area contributed by atoms with E-state index in [1.807, 2.05) is 20.8 Å². The number of hydrogen-bond donors (Lipinski definition) is 2. The maximum Gasteiger partial charge on any atom is 0.240 e. The van der Waals surface area contributed by atoms with E-state index in [1.54, 1.807) is 0 Å². The highest BCUT2D eigenvalue weighted by Gasteiger charge is 2.34. The van der Waals surface area contributed by atoms with E-state index in [0.717, 1.165) is 12.8 Å². The van der Waals surface area contributed by atoms with Crippen LogP contribution in [0.3, 0.4) is 0 Å². The molecule has 0 aliphatic heterocycles. The Labute approximate surface area is 104 Å². The molecule has 1 unspecified atom stereocenters. The average Bonchev–Trinajstić information content (AvgIpc) is 2.37. The summed E-state index contributed by atoms with van der Waals surface area (Å²) in [6, 6.07) is 2.12. The van der Waals surface area contributed by atoms with E-state index in [-0.39, 0.29) is 18.4 Å². The van der Waals surface area contributed by atoms with Crippen LogP contribution in [0.15, 0.2) is 0 Å². The topological polar surface area (TPSA) is 73.1 Å². The average molecular weight is 240 g/mol. The molecule has 0 radical (unpaired) electrons. The zero-order valence-electron chi connectivity index (χ0n) is 11.1. The van der Waals surface area contributed by atoms with Crippen molar-refractivity contribution in [3.63, 3.8) is 0 Å². The Morgan fingerprint density at radius 1 is 1.47 bits per heavy atom. The molecule has 0 aromatic rings. The largest absolute Gasteiger partial charge is 0.396 e. The molecule has 4 heteroatoms. The van der Waals surface area contributed by atoms with Gasteiger partial charge in [-0.05, 0) is 31.6 Å². The lowest BCUT2D eigenvalue weighted by molar-refractivity contribution is -0.128. The van der Waals surface area contributed by atoms with Crippen LogP contribution in [0.2, 0.25) is 0 Å². The number of nitriles is 1. The van der Waals surface area contributed by atoms with Crippen LogP contribution in [-0.4, -0.2) is 24.2 Å². The Kier molecular flexibility index (Phi) is 7.56. The second kappa shape index (κ2) is 8.08. The number of rotatable bonds is 8. The molecule has 17 heavy (non-hydrogen) atoms. The Hall–Kier alpha value is -1.08. The van der Waals surface area contributed by atoms with E-state index >= 15 is 0 Å². The molecule has 1 amide bonds. The highest BCUT2D eigenvalue weighted by molar-refractivity contribution is 5.85. The summed E-state index contributed by atoms with van der Waals surface area (Å²) in [4.78, 5) is 11.9. The molecule has 0 aliphatic carbocycles. The second-order valence-corrected chi connectivity index (χ2v) is 4.59. The van der Waals surface area contributed by atoms with Gasteiger partial charge in [-0.15, -0.1) is 0 Å². The van der Waals surface area contributed by atoms with E-state index in [0.29, 0.717) is 19.4 Å². The van der Waals surface area contributed by atoms with Crippen molar-refractivity contribution in [1.29, 1.82) is 5.26 Å². The van der Waals surface area contributed by atoms with Crippen LogP contribution < -0.4 is 5.32 Å². The normalized spacial score (nSPS) is 12.9. The maximum atomic E-state index is 11.9. The molecule has 1 atom stereocenters. The molecule has 0 rings (SSSR count). The van der Waals surface area contributed by atoms with Crippen molar-refractivity contribution in [2.45, 2.75) is 46.5 Å². The summed E-state index contributed by atoms with van der Waals surface area (Å²) in [5.41, 5.74) is -0.872. The van der Waals surface area contributed by atoms with Gasteiger partial charge < -0.3 is 10.4 Å². The van der Waals surface area contributed by atoms with Gasteiger partial charge in [0.05, 0.1) is 6.07 Å². The van der Waals surface area contributed by atoms with Crippen molar-refractivity contribution in [1.82, 2.24) is 5.32 Å². The van der Waals surface area contributed by atoms with Crippen molar-refractivity contribution < 1.29 is 9.90 Å². The van der Waals surface area contributed by atoms with Gasteiger partial charge >= 0.3 is 0 Å². The van der Waals surface area contributed by atoms with Crippen molar-refractivity contribution in [3.05, 3.63) is 0 Å². The number of nitrogens with zero attached hydrogens (tertiary/aromatic N) is 1. The van der Waals surface area contributed by atoms with Crippen molar-refractivity contribution in [3.8, 4) is 6.07 Å². The van der Waals surface area contributed by atoms with E-state index in [2.05, 4.69) is 11.4 Å². The van der Waals surface area contributed by atoms with E-state index < -0.39 is 5.41 Å². The number of hydrogen-bond acceptors (Lipinski definition) is 3. The highest BCUT2D eigenvalue weighted by Crippen LogP contribution is 2.25. The van der Waals surface area contributed by atoms with Gasteiger partial charge in [-0.1, -0.05) is 20.8 Å². The third-order valence-electron chi connectivity index (χ3n) is 3.33. The van der Waals surface area contributed by atoms with Gasteiger partial charge in [-0.2, -0.15) is 5.26 Å². The minimum atomic E-state index is -0.872. The summed E-state index contributed by atoms with van der Waals surface area (Å²) in [5, 5.41) is 20.8. The first-order valence-corrected chi connectivity index (χ1v) is 6.36. The van der Waals surface area contributed by atoms with Crippen molar-refractivity contribution in [2.24, 2.45) is 11.3 Å². The molecule has 0 aromatic carbocycles. The monoisotopic (exact) mass is 240 g/mol. The molecule has 2 N–H and O–H groups in total. The molecule has 0 aromatic heterocycles. The van der Waals surface area contributed by atoms with Crippen molar-refractivity contribution in [2.75, 3.05) is 13.2 Å². The summed E-state index contributed by atoms with van der Waals surface area (Å²) in [7, 11) is 0. The first-order chi connectivity index (χ1) is 8.06. The molecule has 98 valence electrons. The highest BCUT2D eigenvalue weighted by atomic mass is 16.3. The third-order valence-corrected chi connectivity index (χ3v) is 3.33. The maximum absolute atomic E-state index is 11.9. The fraction of sp³-hybridized carbons (Fsp3) is 0.846. The van der Waals surface area contributed by atoms with Gasteiger partial charge in [0.15, 0.2) is 0 Å². The van der Waals surface area contributed by atoms with Crippen LogP contribution >= 0.6 is 0 Å². The first-order valence-electron chi connectivity index (χ1n) is 6.36. The molecule has 0 saturated carbocycles. The number of carbonyl (C=O) groups excluding carboxylic acids is 1. The number of amides is 1. The lowest BCUT2D eigenvalue weighted by atomic mass is 9.83. The van der Waals surface area contributed by atoms with Crippen LogP contribution in [0.4, 0.5) is 0 Å². The summed E-state index contributed by atoms with van der Waals surface area (Å²) in [6.45, 7) is 6.45. The minimum absolute atomic E-state index is 0.165. The van der Waals surface area contributed by atoms with Gasteiger partial charge in [0.1, 0.15) is 5.41 Å². The van der Waals surface area contributed by atoms with Gasteiger partial charge in [0.25, 0.3) is 0 Å². The molecule has 0 spiro atoms. The second-order valence-electron chi connectivity index (χ2n) is 4.59. The fourth-order valence-electron chi connectivity index (χ4n) is 1.69. The zero-order chi connectivity index (χ0) is 13.3. The Morgan fingerprint density at radius 3 is 2.47 bits per heavy atom. The first kappa shape index (κ1) is 15.9. The van der Waals surface area contributed by atoms with Crippen LogP contribution in [-0.2, 0) is 4.79 Å². The van der Waals surface area contributed by atoms with Gasteiger partial charge in [-0.25, -0.2) is 0 Å². The predicted molar refractivity (Wildman–Crippen MR) is 67.1 cm³/mol. The van der Waals surface area contributed by atoms with Gasteiger partial charge in [0, 0.05) is 13.2 Å². The summed E-state index contributed by atoms with van der Waals surface area (Å²) in [5.74, 6) is 0.103. The standard InChI is InChI=1S/C13H24N2O2/c1-4-13(5-2,10-14)12(17)15-8-6-7-11(3)9-16/h11,16H,4-9H2,1-3H3,(H,15,17). The molecule has 4 nitrogen and oxygen atoms in total. The van der Waals surface area contributed by atoms with Crippen LogP contribution in [0.1, 0.15) is 46.5 Å². The number of aliphatic hydroxyl groups excluding tert-OH is 1. The Morgan fingerprint density at radius 2 is 2.06 bits per heavy atom. The van der Waals surface area contributed by atoms with Crippen LogP contribution in [0.5, 0.6) is 0 Å². The number of carbonyl (C=O) groups is 1. The lowest BCUT2D eigenvalue weighted by Gasteiger charge is -2.22.